The van der Waals surface area contributed by atoms with Gasteiger partial charge in [-0.15, -0.1) is 0 Å². The molecule has 2 aromatic heterocycles. The summed E-state index contributed by atoms with van der Waals surface area (Å²) in [6, 6.07) is 10.3. The highest BCUT2D eigenvalue weighted by atomic mass is 16.5. The summed E-state index contributed by atoms with van der Waals surface area (Å²) >= 11 is 0. The lowest BCUT2D eigenvalue weighted by Gasteiger charge is -2.26. The Morgan fingerprint density at radius 2 is 1.94 bits per heavy atom. The largest absolute Gasteiger partial charge is 0.505 e. The Balaban J connectivity index is 1.95. The van der Waals surface area contributed by atoms with Gasteiger partial charge in [0.25, 0.3) is 11.7 Å². The molecule has 1 fully saturated rings. The molecule has 1 aliphatic rings. The third-order valence-electron chi connectivity index (χ3n) is 5.98. The highest BCUT2D eigenvalue weighted by molar-refractivity contribution is 6.46. The van der Waals surface area contributed by atoms with E-state index < -0.39 is 17.7 Å². The van der Waals surface area contributed by atoms with Crippen LogP contribution in [0.15, 0.2) is 48.2 Å². The number of Topliss-reactive ketones (excluding diaryl/α,β-unsaturated/α-hetero) is 1. The SMILES string of the molecule is COc1cccc([C@H]2C(=C(O)c3c(C)nc4c(C)cccn34)C(=O)C(=O)N2CCN(C)C)c1. The van der Waals surface area contributed by atoms with Crippen LogP contribution in [0.4, 0.5) is 0 Å². The van der Waals surface area contributed by atoms with Crippen molar-refractivity contribution in [2.75, 3.05) is 34.3 Å². The first kappa shape index (κ1) is 22.5. The number of aromatic nitrogens is 2. The van der Waals surface area contributed by atoms with Gasteiger partial charge in [-0.05, 0) is 57.3 Å². The highest BCUT2D eigenvalue weighted by Gasteiger charge is 2.46. The molecule has 0 unspecified atom stereocenters. The number of amides is 1. The quantitative estimate of drug-likeness (QED) is 0.354. The zero-order valence-corrected chi connectivity index (χ0v) is 19.5. The Kier molecular flexibility index (Phi) is 5.95. The average Bonchev–Trinajstić information content (AvgIpc) is 3.26. The van der Waals surface area contributed by atoms with Crippen LogP contribution in [0, 0.1) is 13.8 Å². The third-order valence-corrected chi connectivity index (χ3v) is 5.98. The second-order valence-corrected chi connectivity index (χ2v) is 8.50. The number of likely N-dealkylation sites (N-methyl/N-ethyl adjacent to an activating group) is 1. The molecule has 8 nitrogen and oxygen atoms in total. The number of carbonyl (C=O) groups excluding carboxylic acids is 2. The van der Waals surface area contributed by atoms with Crippen LogP contribution in [0.1, 0.15) is 28.6 Å². The molecule has 4 rings (SSSR count). The van der Waals surface area contributed by atoms with Gasteiger partial charge in [-0.3, -0.25) is 14.0 Å². The van der Waals surface area contributed by atoms with Gasteiger partial charge in [0, 0.05) is 19.3 Å². The van der Waals surface area contributed by atoms with E-state index in [2.05, 4.69) is 4.98 Å². The molecule has 0 aliphatic carbocycles. The number of imidazole rings is 1. The standard InChI is InChI=1S/C25H28N4O4/c1-15-8-7-11-28-20(16(2)26-24(15)28)22(30)19-21(17-9-6-10-18(14-17)33-5)29(13-12-27(3)4)25(32)23(19)31/h6-11,14,21,30H,12-13H2,1-5H3/t21-/m0/s1. The summed E-state index contributed by atoms with van der Waals surface area (Å²) in [4.78, 5) is 34.4. The number of hydrogen-bond acceptors (Lipinski definition) is 6. The van der Waals surface area contributed by atoms with Crippen LogP contribution < -0.4 is 4.74 Å². The summed E-state index contributed by atoms with van der Waals surface area (Å²) in [7, 11) is 5.37. The minimum Gasteiger partial charge on any atom is -0.505 e. The molecular weight excluding hydrogens is 420 g/mol. The fraction of sp³-hybridized carbons (Fsp3) is 0.320. The van der Waals surface area contributed by atoms with Crippen LogP contribution in [0.5, 0.6) is 5.75 Å². The minimum atomic E-state index is -0.741. The van der Waals surface area contributed by atoms with Crippen molar-refractivity contribution < 1.29 is 19.4 Å². The number of carbonyl (C=O) groups is 2. The lowest BCUT2D eigenvalue weighted by Crippen LogP contribution is -2.35. The predicted octanol–water partition coefficient (Wildman–Crippen LogP) is 2.94. The number of likely N-dealkylation sites (tertiary alicyclic amines) is 1. The van der Waals surface area contributed by atoms with E-state index in [0.717, 1.165) is 5.56 Å². The van der Waals surface area contributed by atoms with Gasteiger partial charge < -0.3 is 19.6 Å². The molecule has 3 heterocycles. The molecule has 1 N–H and O–H groups in total. The summed E-state index contributed by atoms with van der Waals surface area (Å²) in [5.41, 5.74) is 3.36. The number of rotatable bonds is 6. The van der Waals surface area contributed by atoms with Gasteiger partial charge in [0.1, 0.15) is 17.1 Å². The molecule has 172 valence electrons. The number of ether oxygens (including phenoxy) is 1. The van der Waals surface area contributed by atoms with E-state index in [1.165, 1.54) is 4.90 Å². The average molecular weight is 449 g/mol. The third kappa shape index (κ3) is 3.87. The monoisotopic (exact) mass is 448 g/mol. The van der Waals surface area contributed by atoms with Gasteiger partial charge in [-0.1, -0.05) is 18.2 Å². The molecule has 1 aliphatic heterocycles. The summed E-state index contributed by atoms with van der Waals surface area (Å²) in [6.07, 6.45) is 1.79. The summed E-state index contributed by atoms with van der Waals surface area (Å²) in [6.45, 7) is 4.62. The first-order chi connectivity index (χ1) is 15.7. The number of hydrogen-bond donors (Lipinski definition) is 1. The van der Waals surface area contributed by atoms with Crippen molar-refractivity contribution in [1.29, 1.82) is 0 Å². The number of aryl methyl sites for hydroxylation is 2. The van der Waals surface area contributed by atoms with E-state index >= 15 is 0 Å². The lowest BCUT2D eigenvalue weighted by atomic mass is 9.96. The number of ketones is 1. The van der Waals surface area contributed by atoms with Crippen molar-refractivity contribution in [2.24, 2.45) is 0 Å². The van der Waals surface area contributed by atoms with Crippen molar-refractivity contribution in [3.8, 4) is 5.75 Å². The van der Waals surface area contributed by atoms with Gasteiger partial charge in [0.05, 0.1) is 24.4 Å². The first-order valence-electron chi connectivity index (χ1n) is 10.8. The number of benzene rings is 1. The van der Waals surface area contributed by atoms with Crippen LogP contribution in [-0.4, -0.2) is 70.3 Å². The lowest BCUT2D eigenvalue weighted by molar-refractivity contribution is -0.140. The van der Waals surface area contributed by atoms with Crippen molar-refractivity contribution in [1.82, 2.24) is 19.2 Å². The van der Waals surface area contributed by atoms with E-state index in [-0.39, 0.29) is 11.3 Å². The molecule has 1 aromatic carbocycles. The predicted molar refractivity (Wildman–Crippen MR) is 125 cm³/mol. The van der Waals surface area contributed by atoms with E-state index in [4.69, 9.17) is 4.74 Å². The molecule has 0 spiro atoms. The zero-order chi connectivity index (χ0) is 23.9. The molecule has 3 aromatic rings. The maximum absolute atomic E-state index is 13.3. The molecule has 0 saturated carbocycles. The molecule has 0 radical (unpaired) electrons. The fourth-order valence-corrected chi connectivity index (χ4v) is 4.31. The van der Waals surface area contributed by atoms with Crippen LogP contribution in [0.25, 0.3) is 11.4 Å². The van der Waals surface area contributed by atoms with Crippen molar-refractivity contribution in [3.05, 3.63) is 70.7 Å². The van der Waals surface area contributed by atoms with E-state index in [1.807, 2.05) is 50.2 Å². The van der Waals surface area contributed by atoms with E-state index in [9.17, 15) is 14.7 Å². The molecule has 1 atom stereocenters. The van der Waals surface area contributed by atoms with Crippen molar-refractivity contribution in [3.63, 3.8) is 0 Å². The van der Waals surface area contributed by atoms with E-state index in [1.54, 1.807) is 36.8 Å². The molecule has 1 saturated heterocycles. The Morgan fingerprint density at radius 1 is 1.18 bits per heavy atom. The maximum atomic E-state index is 13.3. The Bertz CT molecular complexity index is 1270. The Labute approximate surface area is 192 Å². The minimum absolute atomic E-state index is 0.0541. The van der Waals surface area contributed by atoms with Crippen molar-refractivity contribution >= 4 is 23.1 Å². The number of pyridine rings is 1. The maximum Gasteiger partial charge on any atom is 0.295 e. The van der Waals surface area contributed by atoms with Gasteiger partial charge in [0.2, 0.25) is 0 Å². The summed E-state index contributed by atoms with van der Waals surface area (Å²) < 4.78 is 7.13. The van der Waals surface area contributed by atoms with Gasteiger partial charge >= 0.3 is 0 Å². The zero-order valence-electron chi connectivity index (χ0n) is 19.5. The number of nitrogens with zero attached hydrogens (tertiary/aromatic N) is 4. The van der Waals surface area contributed by atoms with Gasteiger partial charge in [0.15, 0.2) is 5.76 Å². The normalized spacial score (nSPS) is 18.0. The number of fused-ring (bicyclic) bond motifs is 1. The first-order valence-corrected chi connectivity index (χ1v) is 10.8. The molecule has 0 bridgehead atoms. The molecular formula is C25H28N4O4. The summed E-state index contributed by atoms with van der Waals surface area (Å²) in [5, 5.41) is 11.5. The smallest absolute Gasteiger partial charge is 0.295 e. The fourth-order valence-electron chi connectivity index (χ4n) is 4.31. The van der Waals surface area contributed by atoms with Crippen LogP contribution >= 0.6 is 0 Å². The Morgan fingerprint density at radius 3 is 2.64 bits per heavy atom. The van der Waals surface area contributed by atoms with E-state index in [0.29, 0.717) is 41.4 Å². The van der Waals surface area contributed by atoms with Crippen LogP contribution in [-0.2, 0) is 9.59 Å². The highest BCUT2D eigenvalue weighted by Crippen LogP contribution is 2.40. The van der Waals surface area contributed by atoms with Gasteiger partial charge in [-0.25, -0.2) is 4.98 Å². The van der Waals surface area contributed by atoms with Crippen molar-refractivity contribution in [2.45, 2.75) is 19.9 Å². The second kappa shape index (κ2) is 8.71. The van der Waals surface area contributed by atoms with Crippen LogP contribution in [0.2, 0.25) is 0 Å². The molecule has 8 heteroatoms. The number of aliphatic hydroxyl groups is 1. The van der Waals surface area contributed by atoms with Crippen LogP contribution in [0.3, 0.4) is 0 Å². The number of aliphatic hydroxyl groups excluding tert-OH is 1. The van der Waals surface area contributed by atoms with Gasteiger partial charge in [-0.2, -0.15) is 0 Å². The number of methoxy groups -OCH3 is 1. The topological polar surface area (TPSA) is 87.4 Å². The second-order valence-electron chi connectivity index (χ2n) is 8.50. The molecule has 33 heavy (non-hydrogen) atoms. The molecule has 1 amide bonds. The Hall–Kier alpha value is -3.65. The summed E-state index contributed by atoms with van der Waals surface area (Å²) in [5.74, 6) is -0.966.